The highest BCUT2D eigenvalue weighted by molar-refractivity contribution is 5.99. The molecule has 0 saturated carbocycles. The standard InChI is InChI=1S/C21H23FN4O2/c1-3-28-14-8-13-26-20(27)17-10-5-7-12-19(17)23-21(26)25-24-15(2)16-9-4-6-11-18(16)22/h4-7,9-12H,3,8,13-14H2,1-2H3,(H,23,25)/b24-15-. The summed E-state index contributed by atoms with van der Waals surface area (Å²) in [6, 6.07) is 13.6. The first-order valence-electron chi connectivity index (χ1n) is 9.24. The van der Waals surface area contributed by atoms with Gasteiger partial charge in [0, 0.05) is 25.3 Å². The Bertz CT molecular complexity index is 1050. The Kier molecular flexibility index (Phi) is 6.49. The van der Waals surface area contributed by atoms with Crippen molar-refractivity contribution in [2.75, 3.05) is 18.6 Å². The molecule has 1 heterocycles. The van der Waals surface area contributed by atoms with Gasteiger partial charge in [-0.05, 0) is 38.5 Å². The minimum absolute atomic E-state index is 0.150. The van der Waals surface area contributed by atoms with Gasteiger partial charge in [0.25, 0.3) is 5.56 Å². The van der Waals surface area contributed by atoms with Crippen molar-refractivity contribution >= 4 is 22.6 Å². The van der Waals surface area contributed by atoms with E-state index in [-0.39, 0.29) is 11.4 Å². The summed E-state index contributed by atoms with van der Waals surface area (Å²) in [6.45, 7) is 5.24. The third-order valence-electron chi connectivity index (χ3n) is 4.32. The van der Waals surface area contributed by atoms with Crippen LogP contribution in [0, 0.1) is 5.82 Å². The van der Waals surface area contributed by atoms with Crippen LogP contribution in [0.1, 0.15) is 25.8 Å². The van der Waals surface area contributed by atoms with Crippen molar-refractivity contribution in [2.45, 2.75) is 26.8 Å². The van der Waals surface area contributed by atoms with E-state index in [1.807, 2.05) is 19.1 Å². The summed E-state index contributed by atoms with van der Waals surface area (Å²) in [5.74, 6) is -0.0398. The smallest absolute Gasteiger partial charge is 0.262 e. The fourth-order valence-corrected chi connectivity index (χ4v) is 2.88. The lowest BCUT2D eigenvalue weighted by atomic mass is 10.1. The van der Waals surface area contributed by atoms with Crippen LogP contribution >= 0.6 is 0 Å². The van der Waals surface area contributed by atoms with Gasteiger partial charge in [-0.15, -0.1) is 0 Å². The van der Waals surface area contributed by atoms with Crippen molar-refractivity contribution in [3.05, 3.63) is 70.3 Å². The molecule has 3 rings (SSSR count). The molecule has 0 saturated heterocycles. The van der Waals surface area contributed by atoms with Crippen LogP contribution in [0.4, 0.5) is 10.3 Å². The largest absolute Gasteiger partial charge is 0.382 e. The maximum absolute atomic E-state index is 14.0. The van der Waals surface area contributed by atoms with Crippen molar-refractivity contribution in [2.24, 2.45) is 5.10 Å². The number of benzene rings is 2. The van der Waals surface area contributed by atoms with E-state index in [2.05, 4.69) is 15.5 Å². The van der Waals surface area contributed by atoms with Crippen LogP contribution < -0.4 is 11.0 Å². The first-order valence-corrected chi connectivity index (χ1v) is 9.24. The van der Waals surface area contributed by atoms with E-state index in [4.69, 9.17) is 4.74 Å². The fourth-order valence-electron chi connectivity index (χ4n) is 2.88. The zero-order chi connectivity index (χ0) is 19.9. The predicted octanol–water partition coefficient (Wildman–Crippen LogP) is 3.80. The number of para-hydroxylation sites is 1. The lowest BCUT2D eigenvalue weighted by Crippen LogP contribution is -2.25. The maximum Gasteiger partial charge on any atom is 0.262 e. The van der Waals surface area contributed by atoms with E-state index < -0.39 is 0 Å². The van der Waals surface area contributed by atoms with Crippen LogP contribution in [-0.4, -0.2) is 28.5 Å². The number of fused-ring (bicyclic) bond motifs is 1. The lowest BCUT2D eigenvalue weighted by Gasteiger charge is -2.13. The Morgan fingerprint density at radius 3 is 2.75 bits per heavy atom. The topological polar surface area (TPSA) is 68.5 Å². The van der Waals surface area contributed by atoms with Crippen LogP contribution in [0.3, 0.4) is 0 Å². The monoisotopic (exact) mass is 382 g/mol. The molecule has 0 aliphatic carbocycles. The van der Waals surface area contributed by atoms with E-state index in [9.17, 15) is 9.18 Å². The zero-order valence-electron chi connectivity index (χ0n) is 16.0. The Morgan fingerprint density at radius 1 is 1.21 bits per heavy atom. The number of hydrogen-bond acceptors (Lipinski definition) is 5. The summed E-state index contributed by atoms with van der Waals surface area (Å²) in [7, 11) is 0. The molecule has 6 nitrogen and oxygen atoms in total. The number of nitrogens with zero attached hydrogens (tertiary/aromatic N) is 3. The lowest BCUT2D eigenvalue weighted by molar-refractivity contribution is 0.141. The second-order valence-corrected chi connectivity index (χ2v) is 6.25. The summed E-state index contributed by atoms with van der Waals surface area (Å²) in [4.78, 5) is 17.4. The van der Waals surface area contributed by atoms with Crippen LogP contribution in [0.25, 0.3) is 10.9 Å². The molecule has 28 heavy (non-hydrogen) atoms. The van der Waals surface area contributed by atoms with Gasteiger partial charge in [-0.2, -0.15) is 5.10 Å². The number of hydrazone groups is 1. The van der Waals surface area contributed by atoms with Crippen LogP contribution in [0.5, 0.6) is 0 Å². The second-order valence-electron chi connectivity index (χ2n) is 6.25. The molecular formula is C21H23FN4O2. The Labute approximate surface area is 162 Å². The molecule has 0 aliphatic rings. The van der Waals surface area contributed by atoms with Crippen LogP contribution in [0.15, 0.2) is 58.4 Å². The Morgan fingerprint density at radius 2 is 1.96 bits per heavy atom. The van der Waals surface area contributed by atoms with Crippen molar-refractivity contribution in [3.8, 4) is 0 Å². The Balaban J connectivity index is 1.95. The third-order valence-corrected chi connectivity index (χ3v) is 4.32. The minimum atomic E-state index is -0.355. The normalized spacial score (nSPS) is 11.8. The molecule has 0 aliphatic heterocycles. The first-order chi connectivity index (χ1) is 13.6. The number of nitrogens with one attached hydrogen (secondary N) is 1. The molecule has 3 aromatic rings. The van der Waals surface area contributed by atoms with Gasteiger partial charge in [-0.25, -0.2) is 14.8 Å². The summed E-state index contributed by atoms with van der Waals surface area (Å²) < 4.78 is 20.9. The van der Waals surface area contributed by atoms with E-state index in [1.54, 1.807) is 41.8 Å². The number of aromatic nitrogens is 2. The van der Waals surface area contributed by atoms with Crippen molar-refractivity contribution in [3.63, 3.8) is 0 Å². The minimum Gasteiger partial charge on any atom is -0.382 e. The highest BCUT2D eigenvalue weighted by Gasteiger charge is 2.11. The molecule has 0 atom stereocenters. The zero-order valence-corrected chi connectivity index (χ0v) is 16.0. The second kappa shape index (κ2) is 9.23. The molecule has 0 bridgehead atoms. The van der Waals surface area contributed by atoms with E-state index >= 15 is 0 Å². The van der Waals surface area contributed by atoms with Gasteiger partial charge in [0.2, 0.25) is 5.95 Å². The van der Waals surface area contributed by atoms with Crippen molar-refractivity contribution in [1.29, 1.82) is 0 Å². The number of halogens is 1. The average Bonchev–Trinajstić information content (AvgIpc) is 2.71. The van der Waals surface area contributed by atoms with Crippen LogP contribution in [0.2, 0.25) is 0 Å². The van der Waals surface area contributed by atoms with Gasteiger partial charge in [0.15, 0.2) is 0 Å². The molecule has 146 valence electrons. The number of ether oxygens (including phenoxy) is 1. The Hall–Kier alpha value is -3.06. The number of anilines is 1. The maximum atomic E-state index is 14.0. The van der Waals surface area contributed by atoms with Gasteiger partial charge in [0.05, 0.1) is 16.6 Å². The molecule has 0 unspecified atom stereocenters. The summed E-state index contributed by atoms with van der Waals surface area (Å²) in [5.41, 5.74) is 4.12. The van der Waals surface area contributed by atoms with Gasteiger partial charge in [-0.1, -0.05) is 30.3 Å². The molecule has 7 heteroatoms. The molecular weight excluding hydrogens is 359 g/mol. The molecule has 0 amide bonds. The molecule has 1 N–H and O–H groups in total. The fraction of sp³-hybridized carbons (Fsp3) is 0.286. The highest BCUT2D eigenvalue weighted by Crippen LogP contribution is 2.13. The molecule has 0 fully saturated rings. The van der Waals surface area contributed by atoms with Gasteiger partial charge in [-0.3, -0.25) is 9.36 Å². The van der Waals surface area contributed by atoms with Crippen molar-refractivity contribution in [1.82, 2.24) is 9.55 Å². The van der Waals surface area contributed by atoms with Gasteiger partial charge < -0.3 is 4.74 Å². The van der Waals surface area contributed by atoms with Gasteiger partial charge in [0.1, 0.15) is 5.82 Å². The molecule has 2 aromatic carbocycles. The number of rotatable bonds is 8. The van der Waals surface area contributed by atoms with E-state index in [0.717, 1.165) is 0 Å². The van der Waals surface area contributed by atoms with Crippen molar-refractivity contribution < 1.29 is 9.13 Å². The number of hydrogen-bond donors (Lipinski definition) is 1. The quantitative estimate of drug-likeness (QED) is 0.366. The average molecular weight is 382 g/mol. The van der Waals surface area contributed by atoms with E-state index in [0.29, 0.717) is 54.3 Å². The van der Waals surface area contributed by atoms with E-state index in [1.165, 1.54) is 6.07 Å². The van der Waals surface area contributed by atoms with Gasteiger partial charge >= 0.3 is 0 Å². The third kappa shape index (κ3) is 4.43. The first kappa shape index (κ1) is 19.7. The molecule has 1 aromatic heterocycles. The SMILES string of the molecule is CCOCCCn1c(N/N=C(/C)c2ccccc2F)nc2ccccc2c1=O. The predicted molar refractivity (Wildman–Crippen MR) is 109 cm³/mol. The summed E-state index contributed by atoms with van der Waals surface area (Å²) in [5, 5.41) is 4.79. The summed E-state index contributed by atoms with van der Waals surface area (Å²) in [6.07, 6.45) is 0.665. The highest BCUT2D eigenvalue weighted by atomic mass is 19.1. The molecule has 0 spiro atoms. The van der Waals surface area contributed by atoms with Crippen LogP contribution in [-0.2, 0) is 11.3 Å². The molecule has 0 radical (unpaired) electrons. The summed E-state index contributed by atoms with van der Waals surface area (Å²) >= 11 is 0.